The van der Waals surface area contributed by atoms with E-state index < -0.39 is 0 Å². The van der Waals surface area contributed by atoms with Crippen LogP contribution in [0.5, 0.6) is 0 Å². The summed E-state index contributed by atoms with van der Waals surface area (Å²) in [4.78, 5) is 0. The second kappa shape index (κ2) is 6.20. The second-order valence-corrected chi connectivity index (χ2v) is 3.43. The van der Waals surface area contributed by atoms with Crippen molar-refractivity contribution in [2.45, 2.75) is 6.92 Å². The molecule has 0 aliphatic rings. The van der Waals surface area contributed by atoms with Crippen LogP contribution < -0.4 is 0 Å². The van der Waals surface area contributed by atoms with E-state index in [0.717, 1.165) is 5.56 Å². The fraction of sp³-hybridized carbons (Fsp3) is 0.0769. The van der Waals surface area contributed by atoms with Gasteiger partial charge in [0.05, 0.1) is 5.83 Å². The van der Waals surface area contributed by atoms with Gasteiger partial charge in [-0.1, -0.05) is 54.1 Å². The molecular weight excluding hydrogens is 211 g/mol. The van der Waals surface area contributed by atoms with E-state index in [-0.39, 0.29) is 5.83 Å². The minimum Gasteiger partial charge on any atom is -0.212 e. The number of hydrogen-bond donors (Lipinski definition) is 0. The molecule has 0 radical (unpaired) electrons. The number of rotatable bonds is 3. The molecule has 0 nitrogen and oxygen atoms in total. The zero-order valence-electron chi connectivity index (χ0n) is 8.45. The highest BCUT2D eigenvalue weighted by Gasteiger charge is 1.90. The first-order valence-corrected chi connectivity index (χ1v) is 4.99. The van der Waals surface area contributed by atoms with Crippen molar-refractivity contribution in [2.24, 2.45) is 0 Å². The highest BCUT2D eigenvalue weighted by atomic mass is 35.5. The zero-order valence-corrected chi connectivity index (χ0v) is 9.21. The molecule has 0 aliphatic heterocycles. The summed E-state index contributed by atoms with van der Waals surface area (Å²) in [6, 6.07) is 7.55. The van der Waals surface area contributed by atoms with E-state index in [9.17, 15) is 4.39 Å². The molecule has 0 saturated carbocycles. The third-order valence-electron chi connectivity index (χ3n) is 1.73. The maximum atomic E-state index is 12.3. The van der Waals surface area contributed by atoms with Gasteiger partial charge in [-0.2, -0.15) is 0 Å². The van der Waals surface area contributed by atoms with Gasteiger partial charge in [-0.3, -0.25) is 0 Å². The van der Waals surface area contributed by atoms with Gasteiger partial charge in [0.25, 0.3) is 0 Å². The van der Waals surface area contributed by atoms with Gasteiger partial charge in [-0.05, 0) is 24.6 Å². The summed E-state index contributed by atoms with van der Waals surface area (Å²) in [5.74, 6) is -0.211. The predicted molar refractivity (Wildman–Crippen MR) is 64.5 cm³/mol. The van der Waals surface area contributed by atoms with Gasteiger partial charge in [0.15, 0.2) is 0 Å². The molecule has 0 fully saturated rings. The molecule has 0 bridgehead atoms. The summed E-state index contributed by atoms with van der Waals surface area (Å²) >= 11 is 5.94. The van der Waals surface area contributed by atoms with Crippen molar-refractivity contribution in [3.05, 3.63) is 65.0 Å². The van der Waals surface area contributed by atoms with E-state index in [2.05, 4.69) is 0 Å². The van der Waals surface area contributed by atoms with Gasteiger partial charge >= 0.3 is 0 Å². The lowest BCUT2D eigenvalue weighted by atomic mass is 10.2. The Morgan fingerprint density at radius 3 is 2.60 bits per heavy atom. The molecule has 1 aromatic carbocycles. The van der Waals surface area contributed by atoms with Crippen LogP contribution in [0.1, 0.15) is 12.5 Å². The third kappa shape index (κ3) is 4.61. The summed E-state index contributed by atoms with van der Waals surface area (Å²) in [5.41, 5.74) is 0.949. The van der Waals surface area contributed by atoms with E-state index in [1.807, 2.05) is 36.4 Å². The van der Waals surface area contributed by atoms with Crippen LogP contribution in [0.2, 0.25) is 5.02 Å². The van der Waals surface area contributed by atoms with Crippen LogP contribution in [0, 0.1) is 0 Å². The minimum absolute atomic E-state index is 0.211. The number of hydrogen-bond acceptors (Lipinski definition) is 0. The average Bonchev–Trinajstić information content (AvgIpc) is 2.20. The van der Waals surface area contributed by atoms with Crippen LogP contribution in [0.15, 0.2) is 54.4 Å². The van der Waals surface area contributed by atoms with Crippen LogP contribution in [0.3, 0.4) is 0 Å². The van der Waals surface area contributed by atoms with Crippen molar-refractivity contribution in [3.63, 3.8) is 0 Å². The molecule has 0 N–H and O–H groups in total. The molecule has 0 heterocycles. The van der Waals surface area contributed by atoms with E-state index in [4.69, 9.17) is 11.6 Å². The van der Waals surface area contributed by atoms with E-state index in [1.54, 1.807) is 12.2 Å². The van der Waals surface area contributed by atoms with E-state index in [1.165, 1.54) is 13.0 Å². The Kier molecular flexibility index (Phi) is 4.85. The molecule has 0 atom stereocenters. The van der Waals surface area contributed by atoms with Crippen LogP contribution in [0.25, 0.3) is 6.08 Å². The normalized spacial score (nSPS) is 12.9. The quantitative estimate of drug-likeness (QED) is 0.646. The zero-order chi connectivity index (χ0) is 11.1. The highest BCUT2D eigenvalue weighted by Crippen LogP contribution is 2.16. The van der Waals surface area contributed by atoms with Crippen molar-refractivity contribution in [3.8, 4) is 0 Å². The highest BCUT2D eigenvalue weighted by molar-refractivity contribution is 6.32. The van der Waals surface area contributed by atoms with Crippen LogP contribution in [0.4, 0.5) is 4.39 Å². The smallest absolute Gasteiger partial charge is 0.0968 e. The first-order valence-electron chi connectivity index (χ1n) is 4.62. The maximum absolute atomic E-state index is 12.3. The second-order valence-electron chi connectivity index (χ2n) is 3.02. The first-order chi connectivity index (χ1) is 7.20. The molecule has 0 aromatic heterocycles. The van der Waals surface area contributed by atoms with Gasteiger partial charge in [0, 0.05) is 5.02 Å². The summed E-state index contributed by atoms with van der Waals surface area (Å²) in [7, 11) is 0. The topological polar surface area (TPSA) is 0 Å². The fourth-order valence-electron chi connectivity index (χ4n) is 1.02. The predicted octanol–water partition coefficient (Wildman–Crippen LogP) is 4.78. The molecule has 0 saturated heterocycles. The molecular formula is C13H12ClF. The number of benzene rings is 1. The Bertz CT molecular complexity index is 399. The minimum atomic E-state index is -0.211. The average molecular weight is 223 g/mol. The third-order valence-corrected chi connectivity index (χ3v) is 2.07. The number of allylic oxidation sites excluding steroid dienone is 5. The Morgan fingerprint density at radius 1 is 1.20 bits per heavy atom. The van der Waals surface area contributed by atoms with Crippen LogP contribution >= 0.6 is 11.6 Å². The number of halogens is 2. The Labute approximate surface area is 94.4 Å². The summed E-state index contributed by atoms with van der Waals surface area (Å²) < 4.78 is 12.3. The molecule has 2 heteroatoms. The molecule has 0 aliphatic carbocycles. The molecule has 0 unspecified atom stereocenters. The van der Waals surface area contributed by atoms with E-state index in [0.29, 0.717) is 5.02 Å². The van der Waals surface area contributed by atoms with E-state index >= 15 is 0 Å². The summed E-state index contributed by atoms with van der Waals surface area (Å²) in [6.07, 6.45) is 8.49. The van der Waals surface area contributed by atoms with Gasteiger partial charge in [0.2, 0.25) is 0 Å². The molecule has 1 rings (SSSR count). The largest absolute Gasteiger partial charge is 0.212 e. The van der Waals surface area contributed by atoms with Crippen molar-refractivity contribution in [2.75, 3.05) is 0 Å². The standard InChI is InChI=1S/C13H12ClF/c1-11(15)7-3-2-4-8-12-9-5-6-10-13(12)14/h2-10H,1H3/b3-2-,8-4+,11-7+. The molecule has 0 amide bonds. The Hall–Kier alpha value is -1.34. The molecule has 78 valence electrons. The SMILES string of the molecule is C\C(F)=C/C=C\C=C\c1ccccc1Cl. The lowest BCUT2D eigenvalue weighted by molar-refractivity contribution is 0.640. The maximum Gasteiger partial charge on any atom is 0.0968 e. The summed E-state index contributed by atoms with van der Waals surface area (Å²) in [5, 5.41) is 0.708. The fourth-order valence-corrected chi connectivity index (χ4v) is 1.22. The van der Waals surface area contributed by atoms with Gasteiger partial charge in [-0.25, -0.2) is 4.39 Å². The molecule has 15 heavy (non-hydrogen) atoms. The van der Waals surface area contributed by atoms with Crippen molar-refractivity contribution in [1.82, 2.24) is 0 Å². The van der Waals surface area contributed by atoms with Crippen molar-refractivity contribution < 1.29 is 4.39 Å². The van der Waals surface area contributed by atoms with Crippen LogP contribution in [-0.2, 0) is 0 Å². The lowest BCUT2D eigenvalue weighted by Gasteiger charge is -1.94. The molecule has 1 aromatic rings. The van der Waals surface area contributed by atoms with Crippen molar-refractivity contribution >= 4 is 17.7 Å². The lowest BCUT2D eigenvalue weighted by Crippen LogP contribution is -1.71. The van der Waals surface area contributed by atoms with Crippen LogP contribution in [-0.4, -0.2) is 0 Å². The van der Waals surface area contributed by atoms with Gasteiger partial charge in [0.1, 0.15) is 0 Å². The summed E-state index contributed by atoms with van der Waals surface area (Å²) in [6.45, 7) is 1.40. The Morgan fingerprint density at radius 2 is 1.93 bits per heavy atom. The van der Waals surface area contributed by atoms with Gasteiger partial charge < -0.3 is 0 Å². The monoisotopic (exact) mass is 222 g/mol. The Balaban J connectivity index is 2.63. The van der Waals surface area contributed by atoms with Crippen molar-refractivity contribution in [1.29, 1.82) is 0 Å². The molecule has 0 spiro atoms. The first kappa shape index (κ1) is 11.7. The van der Waals surface area contributed by atoms with Gasteiger partial charge in [-0.15, -0.1) is 0 Å².